The molecular formula is C13H15Br2NO3S. The second kappa shape index (κ2) is 5.35. The molecule has 3 atom stereocenters. The Kier molecular flexibility index (Phi) is 4.01. The van der Waals surface area contributed by atoms with E-state index >= 15 is 0 Å². The minimum Gasteiger partial charge on any atom is -0.393 e. The SMILES string of the molecule is O=S(=O)(c1ccc(Br)cc1Br)N1CC2CCC(O)C2C1. The van der Waals surface area contributed by atoms with E-state index in [4.69, 9.17) is 0 Å². The molecule has 1 aliphatic carbocycles. The second-order valence-corrected chi connectivity index (χ2v) is 9.14. The minimum atomic E-state index is -3.50. The van der Waals surface area contributed by atoms with Crippen LogP contribution in [-0.2, 0) is 10.0 Å². The predicted molar refractivity (Wildman–Crippen MR) is 82.8 cm³/mol. The third-order valence-electron chi connectivity index (χ3n) is 4.30. The number of rotatable bonds is 2. The number of nitrogens with zero attached hydrogens (tertiary/aromatic N) is 1. The average molecular weight is 425 g/mol. The fraction of sp³-hybridized carbons (Fsp3) is 0.538. The van der Waals surface area contributed by atoms with Crippen LogP contribution in [0.3, 0.4) is 0 Å². The standard InChI is InChI=1S/C13H15Br2NO3S/c14-9-2-4-13(11(15)5-9)20(18,19)16-6-8-1-3-12(17)10(8)7-16/h2,4-5,8,10,12,17H,1,3,6-7H2. The Morgan fingerprint density at radius 1 is 1.20 bits per heavy atom. The summed E-state index contributed by atoms with van der Waals surface area (Å²) in [4.78, 5) is 0.287. The van der Waals surface area contributed by atoms with Gasteiger partial charge in [-0.25, -0.2) is 8.42 Å². The summed E-state index contributed by atoms with van der Waals surface area (Å²) in [5, 5.41) is 9.91. The zero-order valence-electron chi connectivity index (χ0n) is 10.7. The van der Waals surface area contributed by atoms with Crippen LogP contribution in [0.5, 0.6) is 0 Å². The first-order valence-electron chi connectivity index (χ1n) is 6.53. The molecule has 110 valence electrons. The van der Waals surface area contributed by atoms with Gasteiger partial charge in [0.1, 0.15) is 0 Å². The molecule has 7 heteroatoms. The van der Waals surface area contributed by atoms with Crippen LogP contribution in [-0.4, -0.2) is 37.0 Å². The van der Waals surface area contributed by atoms with E-state index in [0.29, 0.717) is 23.5 Å². The Labute approximate surface area is 135 Å². The van der Waals surface area contributed by atoms with E-state index in [0.717, 1.165) is 17.3 Å². The van der Waals surface area contributed by atoms with E-state index in [2.05, 4.69) is 31.9 Å². The lowest BCUT2D eigenvalue weighted by Gasteiger charge is -2.19. The molecule has 20 heavy (non-hydrogen) atoms. The Hall–Kier alpha value is 0.0500. The summed E-state index contributed by atoms with van der Waals surface area (Å²) in [5.74, 6) is 0.396. The quantitative estimate of drug-likeness (QED) is 0.793. The van der Waals surface area contributed by atoms with Crippen LogP contribution in [0.25, 0.3) is 0 Å². The fourth-order valence-corrected chi connectivity index (χ4v) is 6.46. The molecule has 1 N–H and O–H groups in total. The third kappa shape index (κ3) is 2.47. The summed E-state index contributed by atoms with van der Waals surface area (Å²) >= 11 is 6.64. The number of aliphatic hydroxyl groups is 1. The molecule has 3 rings (SSSR count). The maximum atomic E-state index is 12.7. The topological polar surface area (TPSA) is 57.6 Å². The molecule has 3 unspecified atom stereocenters. The molecule has 0 spiro atoms. The molecule has 2 aliphatic rings. The number of aliphatic hydroxyl groups excluding tert-OH is 1. The van der Waals surface area contributed by atoms with Crippen LogP contribution in [0.1, 0.15) is 12.8 Å². The van der Waals surface area contributed by atoms with Gasteiger partial charge in [0.15, 0.2) is 0 Å². The van der Waals surface area contributed by atoms with Crippen LogP contribution >= 0.6 is 31.9 Å². The molecule has 0 amide bonds. The molecule has 2 fully saturated rings. The van der Waals surface area contributed by atoms with Crippen molar-refractivity contribution in [2.24, 2.45) is 11.8 Å². The van der Waals surface area contributed by atoms with Crippen molar-refractivity contribution < 1.29 is 13.5 Å². The first kappa shape index (κ1) is 15.0. The highest BCUT2D eigenvalue weighted by Crippen LogP contribution is 2.41. The van der Waals surface area contributed by atoms with Crippen molar-refractivity contribution in [2.45, 2.75) is 23.8 Å². The molecule has 1 aromatic rings. The minimum absolute atomic E-state index is 0.0963. The molecule has 1 heterocycles. The lowest BCUT2D eigenvalue weighted by molar-refractivity contribution is 0.129. The average Bonchev–Trinajstić information content (AvgIpc) is 2.92. The van der Waals surface area contributed by atoms with Crippen LogP contribution in [0.4, 0.5) is 0 Å². The molecule has 1 saturated carbocycles. The molecular weight excluding hydrogens is 410 g/mol. The Morgan fingerprint density at radius 2 is 1.95 bits per heavy atom. The van der Waals surface area contributed by atoms with E-state index in [1.807, 2.05) is 0 Å². The summed E-state index contributed by atoms with van der Waals surface area (Å²) in [6.07, 6.45) is 1.36. The van der Waals surface area contributed by atoms with Crippen molar-refractivity contribution >= 4 is 41.9 Å². The monoisotopic (exact) mass is 423 g/mol. The lowest BCUT2D eigenvalue weighted by atomic mass is 10.00. The predicted octanol–water partition coefficient (Wildman–Crippen LogP) is 2.60. The first-order chi connectivity index (χ1) is 9.39. The first-order valence-corrected chi connectivity index (χ1v) is 9.55. The van der Waals surface area contributed by atoms with Crippen molar-refractivity contribution in [2.75, 3.05) is 13.1 Å². The van der Waals surface area contributed by atoms with Crippen LogP contribution < -0.4 is 0 Å². The molecule has 1 aliphatic heterocycles. The third-order valence-corrected chi connectivity index (χ3v) is 7.60. The Balaban J connectivity index is 1.90. The maximum absolute atomic E-state index is 12.7. The summed E-state index contributed by atoms with van der Waals surface area (Å²) in [7, 11) is -3.50. The maximum Gasteiger partial charge on any atom is 0.244 e. The van der Waals surface area contributed by atoms with E-state index in [1.165, 1.54) is 4.31 Å². The number of sulfonamides is 1. The van der Waals surface area contributed by atoms with Gasteiger partial charge in [-0.3, -0.25) is 0 Å². The summed E-state index contributed by atoms with van der Waals surface area (Å²) in [6.45, 7) is 0.948. The summed E-state index contributed by atoms with van der Waals surface area (Å²) in [6, 6.07) is 5.07. The number of hydrogen-bond donors (Lipinski definition) is 1. The van der Waals surface area contributed by atoms with E-state index in [1.54, 1.807) is 18.2 Å². The van der Waals surface area contributed by atoms with Crippen molar-refractivity contribution in [3.63, 3.8) is 0 Å². The van der Waals surface area contributed by atoms with Gasteiger partial charge in [0, 0.05) is 28.0 Å². The Morgan fingerprint density at radius 3 is 2.60 bits per heavy atom. The van der Waals surface area contributed by atoms with Gasteiger partial charge in [0.2, 0.25) is 10.0 Å². The zero-order valence-corrected chi connectivity index (χ0v) is 14.7. The zero-order chi connectivity index (χ0) is 14.5. The molecule has 0 aromatic heterocycles. The molecule has 0 bridgehead atoms. The van der Waals surface area contributed by atoms with Gasteiger partial charge in [-0.1, -0.05) is 15.9 Å². The fourth-order valence-electron chi connectivity index (χ4n) is 3.22. The van der Waals surface area contributed by atoms with Gasteiger partial charge < -0.3 is 5.11 Å². The summed E-state index contributed by atoms with van der Waals surface area (Å²) < 4.78 is 28.3. The number of hydrogen-bond acceptors (Lipinski definition) is 3. The molecule has 4 nitrogen and oxygen atoms in total. The van der Waals surface area contributed by atoms with Gasteiger partial charge in [0.25, 0.3) is 0 Å². The van der Waals surface area contributed by atoms with E-state index in [9.17, 15) is 13.5 Å². The smallest absolute Gasteiger partial charge is 0.244 e. The second-order valence-electron chi connectivity index (χ2n) is 5.47. The van der Waals surface area contributed by atoms with Crippen LogP contribution in [0.2, 0.25) is 0 Å². The highest BCUT2D eigenvalue weighted by Gasteiger charge is 2.46. The summed E-state index contributed by atoms with van der Waals surface area (Å²) in [5.41, 5.74) is 0. The van der Waals surface area contributed by atoms with Crippen molar-refractivity contribution in [1.82, 2.24) is 4.31 Å². The highest BCUT2D eigenvalue weighted by atomic mass is 79.9. The molecule has 0 radical (unpaired) electrons. The highest BCUT2D eigenvalue weighted by molar-refractivity contribution is 9.11. The van der Waals surface area contributed by atoms with Crippen molar-refractivity contribution in [3.05, 3.63) is 27.1 Å². The van der Waals surface area contributed by atoms with Crippen molar-refractivity contribution in [3.8, 4) is 0 Å². The van der Waals surface area contributed by atoms with Gasteiger partial charge in [-0.2, -0.15) is 4.31 Å². The largest absolute Gasteiger partial charge is 0.393 e. The van der Waals surface area contributed by atoms with Gasteiger partial charge in [0.05, 0.1) is 11.0 Å². The van der Waals surface area contributed by atoms with Gasteiger partial charge >= 0.3 is 0 Å². The number of halogens is 2. The van der Waals surface area contributed by atoms with Crippen LogP contribution in [0.15, 0.2) is 32.0 Å². The van der Waals surface area contributed by atoms with Crippen molar-refractivity contribution in [1.29, 1.82) is 0 Å². The molecule has 1 saturated heterocycles. The van der Waals surface area contributed by atoms with Gasteiger partial charge in [-0.05, 0) is 52.9 Å². The van der Waals surface area contributed by atoms with Gasteiger partial charge in [-0.15, -0.1) is 0 Å². The number of benzene rings is 1. The normalized spacial score (nSPS) is 30.6. The van der Waals surface area contributed by atoms with Crippen LogP contribution in [0, 0.1) is 11.8 Å². The Bertz CT molecular complexity index is 635. The number of fused-ring (bicyclic) bond motifs is 1. The molecule has 1 aromatic carbocycles. The lowest BCUT2D eigenvalue weighted by Crippen LogP contribution is -2.31. The van der Waals surface area contributed by atoms with E-state index in [-0.39, 0.29) is 16.9 Å². The van der Waals surface area contributed by atoms with E-state index < -0.39 is 10.0 Å².